The van der Waals surface area contributed by atoms with Crippen molar-refractivity contribution in [2.75, 3.05) is 0 Å². The molecule has 0 radical (unpaired) electrons. The third-order valence-electron chi connectivity index (χ3n) is 5.15. The fourth-order valence-electron chi connectivity index (χ4n) is 4.23. The van der Waals surface area contributed by atoms with Crippen molar-refractivity contribution in [2.45, 2.75) is 11.8 Å². The van der Waals surface area contributed by atoms with Crippen molar-refractivity contribution in [3.05, 3.63) is 105 Å². The van der Waals surface area contributed by atoms with Crippen LogP contribution in [0.4, 0.5) is 0 Å². The van der Waals surface area contributed by atoms with Crippen molar-refractivity contribution in [1.82, 2.24) is 4.57 Å². The van der Waals surface area contributed by atoms with Gasteiger partial charge in [0.2, 0.25) is 0 Å². The molecule has 3 aliphatic carbocycles. The Morgan fingerprint density at radius 1 is 0.727 bits per heavy atom. The molecule has 2 nitrogen and oxygen atoms in total. The molecule has 0 saturated heterocycles. The first kappa shape index (κ1) is 12.0. The maximum absolute atomic E-state index is 12.2. The molecule has 1 aromatic heterocycles. The smallest absolute Gasteiger partial charge is 0.250 e. The van der Waals surface area contributed by atoms with Gasteiger partial charge < -0.3 is 4.57 Å². The molecule has 0 saturated carbocycles. The first-order chi connectivity index (χ1) is 10.8. The summed E-state index contributed by atoms with van der Waals surface area (Å²) in [5.74, 6) is 0.445. The second kappa shape index (κ2) is 3.98. The second-order valence-electron chi connectivity index (χ2n) is 6.26. The van der Waals surface area contributed by atoms with Crippen molar-refractivity contribution in [3.8, 4) is 0 Å². The quantitative estimate of drug-likeness (QED) is 0.427. The van der Waals surface area contributed by atoms with Gasteiger partial charge in [0, 0.05) is 31.1 Å². The average molecular weight is 285 g/mol. The summed E-state index contributed by atoms with van der Waals surface area (Å²) in [6, 6.07) is 19.2. The van der Waals surface area contributed by atoms with Crippen LogP contribution in [0.3, 0.4) is 0 Å². The van der Waals surface area contributed by atoms with Gasteiger partial charge in [-0.15, -0.1) is 0 Å². The molecule has 0 unspecified atom stereocenters. The highest BCUT2D eigenvalue weighted by Gasteiger charge is 2.41. The number of pyridine rings is 1. The fraction of sp³-hybridized carbons (Fsp3) is 0.150. The highest BCUT2D eigenvalue weighted by Crippen LogP contribution is 2.54. The molecule has 0 fully saturated rings. The Balaban J connectivity index is 1.93. The molecule has 22 heavy (non-hydrogen) atoms. The van der Waals surface area contributed by atoms with E-state index in [9.17, 15) is 4.79 Å². The summed E-state index contributed by atoms with van der Waals surface area (Å²) >= 11 is 0. The van der Waals surface area contributed by atoms with Gasteiger partial charge in [-0.2, -0.15) is 0 Å². The lowest BCUT2D eigenvalue weighted by Gasteiger charge is -2.42. The van der Waals surface area contributed by atoms with Crippen molar-refractivity contribution >= 4 is 0 Å². The number of nitrogens with zero attached hydrogens (tertiary/aromatic N) is 1. The van der Waals surface area contributed by atoms with E-state index in [-0.39, 0.29) is 17.4 Å². The monoisotopic (exact) mass is 285 g/mol. The third kappa shape index (κ3) is 1.32. The van der Waals surface area contributed by atoms with E-state index in [1.54, 1.807) is 4.57 Å². The van der Waals surface area contributed by atoms with Gasteiger partial charge in [-0.25, -0.2) is 0 Å². The van der Waals surface area contributed by atoms with E-state index in [4.69, 9.17) is 0 Å². The molecule has 3 aliphatic rings. The molecule has 0 aliphatic heterocycles. The minimum Gasteiger partial charge on any atom is -0.318 e. The van der Waals surface area contributed by atoms with Crippen LogP contribution in [0.15, 0.2) is 65.6 Å². The summed E-state index contributed by atoms with van der Waals surface area (Å²) in [6.07, 6.45) is 2.03. The van der Waals surface area contributed by atoms with Gasteiger partial charge >= 0.3 is 0 Å². The average Bonchev–Trinajstić information content (AvgIpc) is 2.55. The van der Waals surface area contributed by atoms with Crippen LogP contribution in [0.25, 0.3) is 0 Å². The van der Waals surface area contributed by atoms with Gasteiger partial charge in [0.1, 0.15) is 0 Å². The Bertz CT molecular complexity index is 935. The van der Waals surface area contributed by atoms with Gasteiger partial charge in [0.15, 0.2) is 0 Å². The third-order valence-corrected chi connectivity index (χ3v) is 5.15. The highest BCUT2D eigenvalue weighted by molar-refractivity contribution is 5.67. The first-order valence-corrected chi connectivity index (χ1v) is 7.64. The zero-order valence-electron chi connectivity index (χ0n) is 12.3. The van der Waals surface area contributed by atoms with Crippen LogP contribution in [0.1, 0.15) is 45.2 Å². The molecule has 6 rings (SSSR count). The molecule has 2 aromatic carbocycles. The Labute approximate surface area is 128 Å². The number of aryl methyl sites for hydroxylation is 1. The van der Waals surface area contributed by atoms with Crippen LogP contribution < -0.4 is 5.56 Å². The molecule has 3 aromatic rings. The Morgan fingerprint density at radius 2 is 1.18 bits per heavy atom. The van der Waals surface area contributed by atoms with Crippen LogP contribution in [-0.2, 0) is 7.05 Å². The Kier molecular flexibility index (Phi) is 2.17. The molecular formula is C20H15NO. The molecule has 1 heterocycles. The van der Waals surface area contributed by atoms with E-state index in [0.29, 0.717) is 0 Å². The largest absolute Gasteiger partial charge is 0.318 e. The van der Waals surface area contributed by atoms with E-state index < -0.39 is 0 Å². The standard InChI is InChI=1S/C20H15NO/c1-21-11-17-16(10-18(21)22)19-12-6-2-4-8-14(12)20(17)15-9-5-3-7-13(15)19/h2-11,19-20H,1H3. The number of hydrogen-bond acceptors (Lipinski definition) is 1. The van der Waals surface area contributed by atoms with Gasteiger partial charge in [0.05, 0.1) is 0 Å². The van der Waals surface area contributed by atoms with Crippen molar-refractivity contribution in [3.63, 3.8) is 0 Å². The lowest BCUT2D eigenvalue weighted by atomic mass is 9.61. The summed E-state index contributed by atoms with van der Waals surface area (Å²) in [5.41, 5.74) is 8.02. The minimum atomic E-state index is 0.0706. The number of hydrogen-bond donors (Lipinski definition) is 0. The van der Waals surface area contributed by atoms with Gasteiger partial charge in [-0.05, 0) is 33.4 Å². The highest BCUT2D eigenvalue weighted by atomic mass is 16.1. The molecule has 106 valence electrons. The zero-order valence-corrected chi connectivity index (χ0v) is 12.3. The molecule has 0 spiro atoms. The SMILES string of the molecule is Cn1cc2c(cc1=O)C1c3ccccc3C2c2ccccc21. The minimum absolute atomic E-state index is 0.0706. The number of aromatic nitrogens is 1. The lowest BCUT2D eigenvalue weighted by molar-refractivity contribution is 0.720. The number of rotatable bonds is 0. The molecule has 2 heteroatoms. The van der Waals surface area contributed by atoms with Crippen molar-refractivity contribution in [1.29, 1.82) is 0 Å². The molecule has 0 atom stereocenters. The predicted molar refractivity (Wildman–Crippen MR) is 86.5 cm³/mol. The summed E-state index contributed by atoms with van der Waals surface area (Å²) in [5, 5.41) is 0. The second-order valence-corrected chi connectivity index (χ2v) is 6.26. The lowest BCUT2D eigenvalue weighted by Crippen LogP contribution is -2.31. The molecule has 0 N–H and O–H groups in total. The van der Waals surface area contributed by atoms with Crippen LogP contribution >= 0.6 is 0 Å². The molecular weight excluding hydrogens is 270 g/mol. The van der Waals surface area contributed by atoms with Crippen LogP contribution in [0.2, 0.25) is 0 Å². The van der Waals surface area contributed by atoms with Gasteiger partial charge in [0.25, 0.3) is 5.56 Å². The van der Waals surface area contributed by atoms with E-state index in [0.717, 1.165) is 0 Å². The zero-order chi connectivity index (χ0) is 14.8. The topological polar surface area (TPSA) is 22.0 Å². The van der Waals surface area contributed by atoms with Crippen molar-refractivity contribution in [2.24, 2.45) is 7.05 Å². The maximum Gasteiger partial charge on any atom is 0.250 e. The van der Waals surface area contributed by atoms with E-state index >= 15 is 0 Å². The summed E-state index contributed by atoms with van der Waals surface area (Å²) in [6.45, 7) is 0. The summed E-state index contributed by atoms with van der Waals surface area (Å²) < 4.78 is 1.70. The molecule has 2 bridgehead atoms. The van der Waals surface area contributed by atoms with Crippen LogP contribution in [-0.4, -0.2) is 4.57 Å². The fourth-order valence-corrected chi connectivity index (χ4v) is 4.23. The van der Waals surface area contributed by atoms with E-state index in [1.807, 2.05) is 19.3 Å². The normalized spacial score (nSPS) is 20.2. The van der Waals surface area contributed by atoms with E-state index in [2.05, 4.69) is 48.5 Å². The van der Waals surface area contributed by atoms with Crippen LogP contribution in [0.5, 0.6) is 0 Å². The number of benzene rings is 2. The van der Waals surface area contributed by atoms with E-state index in [1.165, 1.54) is 33.4 Å². The summed E-state index contributed by atoms with van der Waals surface area (Å²) in [4.78, 5) is 12.2. The Hall–Kier alpha value is -2.61. The molecule has 0 amide bonds. The Morgan fingerprint density at radius 3 is 1.68 bits per heavy atom. The van der Waals surface area contributed by atoms with Crippen molar-refractivity contribution < 1.29 is 0 Å². The van der Waals surface area contributed by atoms with Crippen LogP contribution in [0, 0.1) is 0 Å². The summed E-state index contributed by atoms with van der Waals surface area (Å²) in [7, 11) is 1.84. The predicted octanol–water partition coefficient (Wildman–Crippen LogP) is 3.37. The maximum atomic E-state index is 12.2. The van der Waals surface area contributed by atoms with Gasteiger partial charge in [-0.3, -0.25) is 4.79 Å². The first-order valence-electron chi connectivity index (χ1n) is 7.64. The van der Waals surface area contributed by atoms with Gasteiger partial charge in [-0.1, -0.05) is 48.5 Å².